The molecule has 1 fully saturated rings. The Balaban J connectivity index is 1.71. The van der Waals surface area contributed by atoms with Crippen LogP contribution in [0.15, 0.2) is 24.3 Å². The van der Waals surface area contributed by atoms with Crippen LogP contribution in [-0.4, -0.2) is 40.5 Å². The minimum absolute atomic E-state index is 0.216. The molecule has 0 aliphatic carbocycles. The molecule has 2 aliphatic heterocycles. The van der Waals surface area contributed by atoms with Gasteiger partial charge in [0.1, 0.15) is 6.10 Å². The third kappa shape index (κ3) is 3.30. The van der Waals surface area contributed by atoms with Crippen molar-refractivity contribution in [3.05, 3.63) is 41.1 Å². The number of aromatic nitrogens is 2. The Morgan fingerprint density at radius 3 is 2.56 bits per heavy atom. The van der Waals surface area contributed by atoms with E-state index in [1.807, 2.05) is 4.68 Å². The fourth-order valence-electron chi connectivity index (χ4n) is 3.38. The molecule has 1 unspecified atom stereocenters. The molecule has 4 nitrogen and oxygen atoms in total. The highest BCUT2D eigenvalue weighted by molar-refractivity contribution is 5.65. The van der Waals surface area contributed by atoms with Gasteiger partial charge in [-0.15, -0.1) is 0 Å². The number of fused-ring (bicyclic) bond motifs is 1. The maximum absolute atomic E-state index is 12.8. The van der Waals surface area contributed by atoms with Crippen molar-refractivity contribution in [2.75, 3.05) is 19.7 Å². The SMILES string of the molecule is CCN1CCc2c(c(-c3ccc(C(F)(F)F)cc3)nn2CC2CO2)C1. The van der Waals surface area contributed by atoms with Gasteiger partial charge in [-0.05, 0) is 18.7 Å². The van der Waals surface area contributed by atoms with Crippen molar-refractivity contribution in [3.63, 3.8) is 0 Å². The van der Waals surface area contributed by atoms with Gasteiger partial charge in [0.25, 0.3) is 0 Å². The molecule has 1 aromatic heterocycles. The largest absolute Gasteiger partial charge is 0.416 e. The first-order chi connectivity index (χ1) is 12.0. The highest BCUT2D eigenvalue weighted by Gasteiger charge is 2.32. The van der Waals surface area contributed by atoms with Gasteiger partial charge in [0, 0.05) is 36.3 Å². The smallest absolute Gasteiger partial charge is 0.371 e. The minimum Gasteiger partial charge on any atom is -0.371 e. The summed E-state index contributed by atoms with van der Waals surface area (Å²) in [5.74, 6) is 0. The van der Waals surface area contributed by atoms with Crippen LogP contribution in [0.5, 0.6) is 0 Å². The quantitative estimate of drug-likeness (QED) is 0.792. The molecule has 1 aromatic carbocycles. The summed E-state index contributed by atoms with van der Waals surface area (Å²) in [7, 11) is 0. The van der Waals surface area contributed by atoms with E-state index in [-0.39, 0.29) is 6.10 Å². The van der Waals surface area contributed by atoms with Crippen molar-refractivity contribution in [1.29, 1.82) is 0 Å². The standard InChI is InChI=1S/C18H20F3N3O/c1-2-23-8-7-16-15(10-23)17(22-24(16)9-14-11-25-14)12-3-5-13(6-4-12)18(19,20)21/h3-6,14H,2,7-11H2,1H3. The predicted octanol–water partition coefficient (Wildman–Crippen LogP) is 3.35. The summed E-state index contributed by atoms with van der Waals surface area (Å²) in [6, 6.07) is 5.30. The van der Waals surface area contributed by atoms with E-state index in [1.54, 1.807) is 0 Å². The van der Waals surface area contributed by atoms with Gasteiger partial charge >= 0.3 is 6.18 Å². The van der Waals surface area contributed by atoms with E-state index in [1.165, 1.54) is 17.8 Å². The van der Waals surface area contributed by atoms with Crippen LogP contribution in [0.4, 0.5) is 13.2 Å². The highest BCUT2D eigenvalue weighted by Crippen LogP contribution is 2.34. The Kier molecular flexibility index (Phi) is 4.08. The Bertz CT molecular complexity index is 763. The van der Waals surface area contributed by atoms with Gasteiger partial charge in [-0.25, -0.2) is 0 Å². The Labute approximate surface area is 144 Å². The number of benzene rings is 1. The molecule has 3 heterocycles. The zero-order valence-corrected chi connectivity index (χ0v) is 14.0. The lowest BCUT2D eigenvalue weighted by Gasteiger charge is -2.26. The highest BCUT2D eigenvalue weighted by atomic mass is 19.4. The molecule has 7 heteroatoms. The maximum Gasteiger partial charge on any atom is 0.416 e. The third-order valence-corrected chi connectivity index (χ3v) is 4.92. The van der Waals surface area contributed by atoms with Crippen molar-refractivity contribution in [2.45, 2.75) is 38.7 Å². The maximum atomic E-state index is 12.8. The van der Waals surface area contributed by atoms with Gasteiger partial charge in [-0.2, -0.15) is 18.3 Å². The number of halogens is 3. The van der Waals surface area contributed by atoms with E-state index in [9.17, 15) is 13.2 Å². The van der Waals surface area contributed by atoms with Crippen LogP contribution >= 0.6 is 0 Å². The zero-order chi connectivity index (χ0) is 17.6. The first-order valence-electron chi connectivity index (χ1n) is 8.56. The topological polar surface area (TPSA) is 33.6 Å². The van der Waals surface area contributed by atoms with Crippen molar-refractivity contribution < 1.29 is 17.9 Å². The fraction of sp³-hybridized carbons (Fsp3) is 0.500. The predicted molar refractivity (Wildman–Crippen MR) is 87.1 cm³/mol. The molecule has 0 bridgehead atoms. The molecule has 2 aliphatic rings. The first kappa shape index (κ1) is 16.6. The second kappa shape index (κ2) is 6.14. The van der Waals surface area contributed by atoms with E-state index in [0.29, 0.717) is 0 Å². The van der Waals surface area contributed by atoms with Gasteiger partial charge in [0.2, 0.25) is 0 Å². The van der Waals surface area contributed by atoms with Gasteiger partial charge in [0.05, 0.1) is 24.4 Å². The Hall–Kier alpha value is -1.86. The molecule has 1 atom stereocenters. The van der Waals surface area contributed by atoms with Crippen LogP contribution in [0.3, 0.4) is 0 Å². The number of alkyl halides is 3. The normalized spacial score (nSPS) is 20.6. The summed E-state index contributed by atoms with van der Waals surface area (Å²) in [5.41, 5.74) is 3.22. The number of hydrogen-bond acceptors (Lipinski definition) is 3. The number of likely N-dealkylation sites (N-methyl/N-ethyl adjacent to an activating group) is 1. The van der Waals surface area contributed by atoms with Crippen LogP contribution in [0, 0.1) is 0 Å². The summed E-state index contributed by atoms with van der Waals surface area (Å²) in [6.45, 7) is 6.30. The lowest BCUT2D eigenvalue weighted by molar-refractivity contribution is -0.137. The van der Waals surface area contributed by atoms with Gasteiger partial charge in [-0.3, -0.25) is 9.58 Å². The Morgan fingerprint density at radius 2 is 1.96 bits per heavy atom. The summed E-state index contributed by atoms with van der Waals surface area (Å²) in [5, 5.41) is 4.73. The van der Waals surface area contributed by atoms with E-state index in [4.69, 9.17) is 9.84 Å². The van der Waals surface area contributed by atoms with Crippen molar-refractivity contribution in [3.8, 4) is 11.3 Å². The molecule has 0 amide bonds. The van der Waals surface area contributed by atoms with Gasteiger partial charge in [0.15, 0.2) is 0 Å². The molecule has 25 heavy (non-hydrogen) atoms. The molecule has 2 aromatic rings. The molecule has 0 spiro atoms. The van der Waals surface area contributed by atoms with Gasteiger partial charge < -0.3 is 4.74 Å². The summed E-state index contributed by atoms with van der Waals surface area (Å²) >= 11 is 0. The van der Waals surface area contributed by atoms with Crippen molar-refractivity contribution in [2.24, 2.45) is 0 Å². The van der Waals surface area contributed by atoms with Gasteiger partial charge in [-0.1, -0.05) is 19.1 Å². The number of rotatable bonds is 4. The van der Waals surface area contributed by atoms with Crippen LogP contribution in [0.1, 0.15) is 23.7 Å². The second-order valence-corrected chi connectivity index (χ2v) is 6.61. The summed E-state index contributed by atoms with van der Waals surface area (Å²) in [4.78, 5) is 2.33. The second-order valence-electron chi connectivity index (χ2n) is 6.61. The number of epoxide rings is 1. The first-order valence-corrected chi connectivity index (χ1v) is 8.56. The molecule has 4 rings (SSSR count). The number of ether oxygens (including phenoxy) is 1. The molecule has 134 valence electrons. The van der Waals surface area contributed by atoms with Crippen molar-refractivity contribution in [1.82, 2.24) is 14.7 Å². The zero-order valence-electron chi connectivity index (χ0n) is 14.0. The average molecular weight is 351 g/mol. The lowest BCUT2D eigenvalue weighted by Crippen LogP contribution is -2.31. The van der Waals surface area contributed by atoms with Crippen LogP contribution in [0.25, 0.3) is 11.3 Å². The van der Waals surface area contributed by atoms with E-state index in [0.717, 1.165) is 68.2 Å². The molecule has 0 N–H and O–H groups in total. The van der Waals surface area contributed by atoms with Crippen LogP contribution in [-0.2, 0) is 30.4 Å². The monoisotopic (exact) mass is 351 g/mol. The minimum atomic E-state index is -4.32. The third-order valence-electron chi connectivity index (χ3n) is 4.92. The molecule has 1 saturated heterocycles. The summed E-state index contributed by atoms with van der Waals surface area (Å²) < 4.78 is 45.7. The molecule has 0 saturated carbocycles. The molecular weight excluding hydrogens is 331 g/mol. The van der Waals surface area contributed by atoms with E-state index in [2.05, 4.69) is 11.8 Å². The molecular formula is C18H20F3N3O. The number of nitrogens with zero attached hydrogens (tertiary/aromatic N) is 3. The average Bonchev–Trinajstić information content (AvgIpc) is 3.34. The number of hydrogen-bond donors (Lipinski definition) is 0. The van der Waals surface area contributed by atoms with Crippen LogP contribution in [0.2, 0.25) is 0 Å². The van der Waals surface area contributed by atoms with E-state index >= 15 is 0 Å². The summed E-state index contributed by atoms with van der Waals surface area (Å²) in [6.07, 6.45) is -3.20. The van der Waals surface area contributed by atoms with Crippen molar-refractivity contribution >= 4 is 0 Å². The lowest BCUT2D eigenvalue weighted by atomic mass is 10.00. The Morgan fingerprint density at radius 1 is 1.24 bits per heavy atom. The van der Waals surface area contributed by atoms with Crippen LogP contribution < -0.4 is 0 Å². The fourth-order valence-corrected chi connectivity index (χ4v) is 3.38. The molecule has 0 radical (unpaired) electrons. The van der Waals surface area contributed by atoms with E-state index < -0.39 is 11.7 Å².